The molecule has 1 heterocycles. The summed E-state index contributed by atoms with van der Waals surface area (Å²) in [4.78, 5) is 22.6. The van der Waals surface area contributed by atoms with Crippen molar-refractivity contribution in [2.24, 2.45) is 11.8 Å². The van der Waals surface area contributed by atoms with Crippen molar-refractivity contribution in [3.05, 3.63) is 0 Å². The van der Waals surface area contributed by atoms with Gasteiger partial charge in [-0.25, -0.2) is 4.79 Å². The molecule has 1 saturated heterocycles. The molecule has 1 aliphatic rings. The van der Waals surface area contributed by atoms with Gasteiger partial charge in [-0.05, 0) is 31.1 Å². The number of urea groups is 1. The molecule has 1 rings (SSSR count). The SMILES string of the molecule is CC(C)C[C@H](CNC(=O)NC1CCCOC1)CC(=O)O. The molecule has 0 spiro atoms. The molecule has 0 aliphatic carbocycles. The van der Waals surface area contributed by atoms with Crippen LogP contribution in [0.15, 0.2) is 0 Å². The van der Waals surface area contributed by atoms with Crippen molar-refractivity contribution in [1.82, 2.24) is 10.6 Å². The zero-order chi connectivity index (χ0) is 15.0. The number of amides is 2. The predicted octanol–water partition coefficient (Wildman–Crippen LogP) is 1.60. The molecule has 3 N–H and O–H groups in total. The second-order valence-electron chi connectivity index (χ2n) is 5.86. The molecule has 2 atom stereocenters. The molecule has 6 heteroatoms. The molecule has 116 valence electrons. The molecule has 0 bridgehead atoms. The van der Waals surface area contributed by atoms with Crippen LogP contribution in [0.2, 0.25) is 0 Å². The lowest BCUT2D eigenvalue weighted by Gasteiger charge is -2.24. The van der Waals surface area contributed by atoms with E-state index < -0.39 is 5.97 Å². The Bertz CT molecular complexity index is 314. The Morgan fingerprint density at radius 1 is 1.40 bits per heavy atom. The van der Waals surface area contributed by atoms with E-state index in [4.69, 9.17) is 9.84 Å². The summed E-state index contributed by atoms with van der Waals surface area (Å²) in [5, 5.41) is 14.5. The number of aliphatic carboxylic acids is 1. The Kier molecular flexibility index (Phi) is 7.36. The molecular weight excluding hydrogens is 260 g/mol. The van der Waals surface area contributed by atoms with Crippen LogP contribution in [0.25, 0.3) is 0 Å². The van der Waals surface area contributed by atoms with Crippen molar-refractivity contribution in [2.75, 3.05) is 19.8 Å². The number of hydrogen-bond acceptors (Lipinski definition) is 3. The Balaban J connectivity index is 2.29. The molecule has 6 nitrogen and oxygen atoms in total. The lowest BCUT2D eigenvalue weighted by atomic mass is 9.94. The fourth-order valence-electron chi connectivity index (χ4n) is 2.48. The first kappa shape index (κ1) is 16.8. The highest BCUT2D eigenvalue weighted by Gasteiger charge is 2.18. The van der Waals surface area contributed by atoms with E-state index in [2.05, 4.69) is 10.6 Å². The van der Waals surface area contributed by atoms with Gasteiger partial charge in [0.2, 0.25) is 0 Å². The number of hydrogen-bond donors (Lipinski definition) is 3. The normalized spacial score (nSPS) is 20.4. The van der Waals surface area contributed by atoms with Gasteiger partial charge in [-0.15, -0.1) is 0 Å². The Hall–Kier alpha value is -1.30. The molecule has 1 aliphatic heterocycles. The van der Waals surface area contributed by atoms with E-state index >= 15 is 0 Å². The van der Waals surface area contributed by atoms with Crippen molar-refractivity contribution in [3.8, 4) is 0 Å². The zero-order valence-corrected chi connectivity index (χ0v) is 12.4. The van der Waals surface area contributed by atoms with Gasteiger partial charge in [-0.1, -0.05) is 13.8 Å². The van der Waals surface area contributed by atoms with E-state index in [0.29, 0.717) is 19.1 Å². The zero-order valence-electron chi connectivity index (χ0n) is 12.4. The third-order valence-corrected chi connectivity index (χ3v) is 3.31. The highest BCUT2D eigenvalue weighted by molar-refractivity contribution is 5.74. The second kappa shape index (κ2) is 8.79. The minimum absolute atomic E-state index is 0.0270. The van der Waals surface area contributed by atoms with Crippen LogP contribution in [-0.4, -0.2) is 42.9 Å². The van der Waals surface area contributed by atoms with E-state index in [1.54, 1.807) is 0 Å². The molecule has 0 aromatic heterocycles. The predicted molar refractivity (Wildman–Crippen MR) is 75.6 cm³/mol. The molecule has 1 fully saturated rings. The van der Waals surface area contributed by atoms with Gasteiger partial charge in [0.1, 0.15) is 0 Å². The maximum atomic E-state index is 11.8. The summed E-state index contributed by atoms with van der Waals surface area (Å²) in [6.45, 7) is 5.80. The standard InChI is InChI=1S/C14H26N2O4/c1-10(2)6-11(7-13(17)18)8-15-14(19)16-12-4-3-5-20-9-12/h10-12H,3-9H2,1-2H3,(H,17,18)(H2,15,16,19)/t11-,12?/m0/s1. The molecule has 2 amide bonds. The van der Waals surface area contributed by atoms with Crippen molar-refractivity contribution in [1.29, 1.82) is 0 Å². The highest BCUT2D eigenvalue weighted by atomic mass is 16.5. The van der Waals surface area contributed by atoms with Gasteiger partial charge < -0.3 is 20.5 Å². The summed E-state index contributed by atoms with van der Waals surface area (Å²) in [5.74, 6) is -0.435. The van der Waals surface area contributed by atoms with Crippen LogP contribution in [0.1, 0.15) is 39.5 Å². The lowest BCUT2D eigenvalue weighted by Crippen LogP contribution is -2.47. The summed E-state index contributed by atoms with van der Waals surface area (Å²) >= 11 is 0. The number of nitrogens with one attached hydrogen (secondary N) is 2. The van der Waals surface area contributed by atoms with Gasteiger partial charge in [-0.2, -0.15) is 0 Å². The molecule has 0 radical (unpaired) electrons. The van der Waals surface area contributed by atoms with Gasteiger partial charge in [0.05, 0.1) is 12.6 Å². The van der Waals surface area contributed by atoms with Crippen LogP contribution >= 0.6 is 0 Å². The summed E-state index contributed by atoms with van der Waals surface area (Å²) in [6.07, 6.45) is 2.77. The summed E-state index contributed by atoms with van der Waals surface area (Å²) in [5.41, 5.74) is 0. The Labute approximate surface area is 120 Å². The summed E-state index contributed by atoms with van der Waals surface area (Å²) in [7, 11) is 0. The molecule has 0 aromatic rings. The van der Waals surface area contributed by atoms with Crippen molar-refractivity contribution >= 4 is 12.0 Å². The van der Waals surface area contributed by atoms with E-state index in [0.717, 1.165) is 25.9 Å². The third-order valence-electron chi connectivity index (χ3n) is 3.31. The minimum Gasteiger partial charge on any atom is -0.481 e. The van der Waals surface area contributed by atoms with Crippen LogP contribution in [0.4, 0.5) is 4.79 Å². The van der Waals surface area contributed by atoms with Crippen molar-refractivity contribution in [2.45, 2.75) is 45.6 Å². The van der Waals surface area contributed by atoms with E-state index in [9.17, 15) is 9.59 Å². The van der Waals surface area contributed by atoms with Crippen LogP contribution in [0.5, 0.6) is 0 Å². The molecule has 0 saturated carbocycles. The largest absolute Gasteiger partial charge is 0.481 e. The molecule has 1 unspecified atom stereocenters. The average molecular weight is 286 g/mol. The highest BCUT2D eigenvalue weighted by Crippen LogP contribution is 2.14. The average Bonchev–Trinajstić information content (AvgIpc) is 2.36. The van der Waals surface area contributed by atoms with Crippen molar-refractivity contribution < 1.29 is 19.4 Å². The molecule has 0 aromatic carbocycles. The number of carboxylic acid groups (broad SMARTS) is 1. The lowest BCUT2D eigenvalue weighted by molar-refractivity contribution is -0.138. The van der Waals surface area contributed by atoms with Crippen LogP contribution in [0.3, 0.4) is 0 Å². The number of ether oxygens (including phenoxy) is 1. The van der Waals surface area contributed by atoms with E-state index in [1.807, 2.05) is 13.8 Å². The number of carbonyl (C=O) groups excluding carboxylic acids is 1. The van der Waals surface area contributed by atoms with E-state index in [-0.39, 0.29) is 24.4 Å². The van der Waals surface area contributed by atoms with E-state index in [1.165, 1.54) is 0 Å². The maximum absolute atomic E-state index is 11.8. The number of rotatable bonds is 7. The first-order valence-electron chi connectivity index (χ1n) is 7.31. The van der Waals surface area contributed by atoms with Crippen molar-refractivity contribution in [3.63, 3.8) is 0 Å². The molecular formula is C14H26N2O4. The first-order chi connectivity index (χ1) is 9.47. The fourth-order valence-corrected chi connectivity index (χ4v) is 2.48. The van der Waals surface area contributed by atoms with Crippen LogP contribution < -0.4 is 10.6 Å². The smallest absolute Gasteiger partial charge is 0.315 e. The van der Waals surface area contributed by atoms with Gasteiger partial charge in [0.25, 0.3) is 0 Å². The maximum Gasteiger partial charge on any atom is 0.315 e. The fraction of sp³-hybridized carbons (Fsp3) is 0.857. The van der Waals surface area contributed by atoms with Gasteiger partial charge in [-0.3, -0.25) is 4.79 Å². The van der Waals surface area contributed by atoms with Crippen LogP contribution in [0, 0.1) is 11.8 Å². The van der Waals surface area contributed by atoms with Gasteiger partial charge >= 0.3 is 12.0 Å². The van der Waals surface area contributed by atoms with Gasteiger partial charge in [0, 0.05) is 19.6 Å². The first-order valence-corrected chi connectivity index (χ1v) is 7.31. The quantitative estimate of drug-likeness (QED) is 0.663. The second-order valence-corrected chi connectivity index (χ2v) is 5.86. The Morgan fingerprint density at radius 3 is 2.70 bits per heavy atom. The topological polar surface area (TPSA) is 87.7 Å². The Morgan fingerprint density at radius 2 is 2.15 bits per heavy atom. The van der Waals surface area contributed by atoms with Crippen LogP contribution in [-0.2, 0) is 9.53 Å². The minimum atomic E-state index is -0.821. The number of carbonyl (C=O) groups is 2. The summed E-state index contributed by atoms with van der Waals surface area (Å²) < 4.78 is 5.29. The molecule has 20 heavy (non-hydrogen) atoms. The summed E-state index contributed by atoms with van der Waals surface area (Å²) in [6, 6.07) is -0.175. The number of carboxylic acids is 1. The monoisotopic (exact) mass is 286 g/mol. The van der Waals surface area contributed by atoms with Gasteiger partial charge in [0.15, 0.2) is 0 Å². The third kappa shape index (κ3) is 7.33.